The van der Waals surface area contributed by atoms with Crippen LogP contribution in [0.15, 0.2) is 0 Å². The zero-order valence-corrected chi connectivity index (χ0v) is 7.18. The second-order valence-corrected chi connectivity index (χ2v) is 4.16. The third kappa shape index (κ3) is 2.64. The SMILES string of the molecule is CO[C@H](C)[C@@H](C)S(N)(=O)=O. The lowest BCUT2D eigenvalue weighted by molar-refractivity contribution is 0.117. The van der Waals surface area contributed by atoms with Crippen molar-refractivity contribution in [1.82, 2.24) is 0 Å². The number of primary sulfonamides is 1. The van der Waals surface area contributed by atoms with Crippen molar-refractivity contribution in [2.24, 2.45) is 5.14 Å². The summed E-state index contributed by atoms with van der Waals surface area (Å²) in [5.74, 6) is 0. The second kappa shape index (κ2) is 3.32. The number of hydrogen-bond donors (Lipinski definition) is 1. The maximum absolute atomic E-state index is 10.6. The fourth-order valence-electron chi connectivity index (χ4n) is 0.459. The minimum Gasteiger partial charge on any atom is -0.380 e. The van der Waals surface area contributed by atoms with Gasteiger partial charge >= 0.3 is 0 Å². The predicted molar refractivity (Wildman–Crippen MR) is 39.0 cm³/mol. The van der Waals surface area contributed by atoms with Gasteiger partial charge in [-0.2, -0.15) is 0 Å². The number of ether oxygens (including phenoxy) is 1. The summed E-state index contributed by atoms with van der Waals surface area (Å²) in [7, 11) is -1.99. The standard InChI is InChI=1S/C5H13NO3S/c1-4(9-3)5(2)10(6,7)8/h4-5H,1-3H3,(H2,6,7,8)/t4-,5-/m1/s1. The van der Waals surface area contributed by atoms with Gasteiger partial charge in [-0.3, -0.25) is 0 Å². The van der Waals surface area contributed by atoms with Crippen molar-refractivity contribution in [2.75, 3.05) is 7.11 Å². The van der Waals surface area contributed by atoms with Gasteiger partial charge in [-0.15, -0.1) is 0 Å². The summed E-state index contributed by atoms with van der Waals surface area (Å²) in [5.41, 5.74) is 0. The first kappa shape index (κ1) is 9.87. The zero-order valence-electron chi connectivity index (χ0n) is 6.37. The van der Waals surface area contributed by atoms with Gasteiger partial charge in [-0.25, -0.2) is 13.6 Å². The van der Waals surface area contributed by atoms with Crippen LogP contribution in [-0.4, -0.2) is 26.9 Å². The first-order valence-corrected chi connectivity index (χ1v) is 4.55. The summed E-state index contributed by atoms with van der Waals surface area (Å²) in [6, 6.07) is 0. The first-order valence-electron chi connectivity index (χ1n) is 2.94. The number of nitrogens with two attached hydrogens (primary N) is 1. The Balaban J connectivity index is 4.23. The smallest absolute Gasteiger partial charge is 0.214 e. The van der Waals surface area contributed by atoms with Crippen molar-refractivity contribution >= 4 is 10.0 Å². The molecule has 0 fully saturated rings. The molecule has 62 valence electrons. The summed E-state index contributed by atoms with van der Waals surface area (Å²) in [4.78, 5) is 0. The monoisotopic (exact) mass is 167 g/mol. The molecule has 4 nitrogen and oxygen atoms in total. The van der Waals surface area contributed by atoms with Crippen molar-refractivity contribution in [2.45, 2.75) is 25.2 Å². The Kier molecular flexibility index (Phi) is 3.27. The van der Waals surface area contributed by atoms with Crippen molar-refractivity contribution in [1.29, 1.82) is 0 Å². The number of methoxy groups -OCH3 is 1. The molecule has 0 aliphatic rings. The summed E-state index contributed by atoms with van der Waals surface area (Å²) in [6.45, 7) is 3.18. The van der Waals surface area contributed by atoms with E-state index in [1.165, 1.54) is 14.0 Å². The first-order chi connectivity index (χ1) is 4.39. The summed E-state index contributed by atoms with van der Waals surface area (Å²) in [5, 5.41) is 4.21. The largest absolute Gasteiger partial charge is 0.380 e. The molecule has 0 aromatic heterocycles. The Labute approximate surface area is 61.4 Å². The molecule has 0 bridgehead atoms. The molecule has 0 aromatic carbocycles. The van der Waals surface area contributed by atoms with Gasteiger partial charge in [0.2, 0.25) is 10.0 Å². The maximum Gasteiger partial charge on any atom is 0.214 e. The van der Waals surface area contributed by atoms with E-state index in [2.05, 4.69) is 0 Å². The maximum atomic E-state index is 10.6. The van der Waals surface area contributed by atoms with Gasteiger partial charge in [0.05, 0.1) is 11.4 Å². The van der Waals surface area contributed by atoms with Crippen LogP contribution < -0.4 is 5.14 Å². The van der Waals surface area contributed by atoms with Crippen LogP contribution in [0.25, 0.3) is 0 Å². The van der Waals surface area contributed by atoms with Crippen LogP contribution in [0.3, 0.4) is 0 Å². The molecule has 0 aromatic rings. The van der Waals surface area contributed by atoms with Crippen molar-refractivity contribution < 1.29 is 13.2 Å². The molecule has 10 heavy (non-hydrogen) atoms. The molecule has 2 N–H and O–H groups in total. The Morgan fingerprint density at radius 1 is 1.40 bits per heavy atom. The van der Waals surface area contributed by atoms with Crippen LogP contribution in [-0.2, 0) is 14.8 Å². The lowest BCUT2D eigenvalue weighted by atomic mass is 10.3. The minimum atomic E-state index is -3.44. The number of sulfonamides is 1. The van der Waals surface area contributed by atoms with Crippen molar-refractivity contribution in [3.63, 3.8) is 0 Å². The highest BCUT2D eigenvalue weighted by atomic mass is 32.2. The fraction of sp³-hybridized carbons (Fsp3) is 1.00. The number of hydrogen-bond acceptors (Lipinski definition) is 3. The Morgan fingerprint density at radius 3 is 1.90 bits per heavy atom. The second-order valence-electron chi connectivity index (χ2n) is 2.23. The third-order valence-electron chi connectivity index (χ3n) is 1.55. The summed E-state index contributed by atoms with van der Waals surface area (Å²) in [6.07, 6.45) is -0.352. The third-order valence-corrected chi connectivity index (χ3v) is 2.97. The van der Waals surface area contributed by atoms with Crippen molar-refractivity contribution in [3.05, 3.63) is 0 Å². The predicted octanol–water partition coefficient (Wildman–Crippen LogP) is -0.302. The van der Waals surface area contributed by atoms with Crippen LogP contribution in [0.1, 0.15) is 13.8 Å². The molecule has 0 saturated carbocycles. The van der Waals surface area contributed by atoms with Crippen LogP contribution in [0.5, 0.6) is 0 Å². The molecule has 0 rings (SSSR count). The molecule has 0 aliphatic heterocycles. The topological polar surface area (TPSA) is 69.4 Å². The van der Waals surface area contributed by atoms with Gasteiger partial charge in [-0.05, 0) is 13.8 Å². The average molecular weight is 167 g/mol. The van der Waals surface area contributed by atoms with Crippen LogP contribution in [0.2, 0.25) is 0 Å². The number of rotatable bonds is 3. The van der Waals surface area contributed by atoms with E-state index in [9.17, 15) is 8.42 Å². The molecule has 0 spiro atoms. The van der Waals surface area contributed by atoms with E-state index in [1.807, 2.05) is 0 Å². The molecule has 0 saturated heterocycles. The minimum absolute atomic E-state index is 0.352. The Hall–Kier alpha value is -0.130. The van der Waals surface area contributed by atoms with E-state index in [-0.39, 0.29) is 6.10 Å². The molecule has 0 aliphatic carbocycles. The highest BCUT2D eigenvalue weighted by Crippen LogP contribution is 2.03. The van der Waals surface area contributed by atoms with Gasteiger partial charge in [-0.1, -0.05) is 0 Å². The summed E-state index contributed by atoms with van der Waals surface area (Å²) < 4.78 is 26.0. The van der Waals surface area contributed by atoms with E-state index in [0.29, 0.717) is 0 Å². The molecule has 0 heterocycles. The Morgan fingerprint density at radius 2 is 1.80 bits per heavy atom. The quantitative estimate of drug-likeness (QED) is 0.627. The molecule has 0 unspecified atom stereocenters. The van der Waals surface area contributed by atoms with E-state index in [4.69, 9.17) is 9.88 Å². The van der Waals surface area contributed by atoms with Gasteiger partial charge < -0.3 is 4.74 Å². The van der Waals surface area contributed by atoms with Crippen molar-refractivity contribution in [3.8, 4) is 0 Å². The van der Waals surface area contributed by atoms with Gasteiger partial charge in [0.1, 0.15) is 0 Å². The lowest BCUT2D eigenvalue weighted by Crippen LogP contribution is -2.35. The Bertz CT molecular complexity index is 187. The fourth-order valence-corrected chi connectivity index (χ4v) is 1.10. The van der Waals surface area contributed by atoms with Gasteiger partial charge in [0.25, 0.3) is 0 Å². The molecule has 0 amide bonds. The van der Waals surface area contributed by atoms with Crippen LogP contribution in [0, 0.1) is 0 Å². The zero-order chi connectivity index (χ0) is 8.36. The normalized spacial score (nSPS) is 18.4. The molecular weight excluding hydrogens is 154 g/mol. The van der Waals surface area contributed by atoms with Crippen LogP contribution >= 0.6 is 0 Å². The van der Waals surface area contributed by atoms with E-state index in [1.54, 1.807) is 6.92 Å². The molecule has 5 heteroatoms. The average Bonchev–Trinajstić information content (AvgIpc) is 1.83. The van der Waals surface area contributed by atoms with Crippen LogP contribution in [0.4, 0.5) is 0 Å². The van der Waals surface area contributed by atoms with Gasteiger partial charge in [0.15, 0.2) is 0 Å². The highest BCUT2D eigenvalue weighted by Gasteiger charge is 2.21. The van der Waals surface area contributed by atoms with E-state index < -0.39 is 15.3 Å². The lowest BCUT2D eigenvalue weighted by Gasteiger charge is -2.15. The highest BCUT2D eigenvalue weighted by molar-refractivity contribution is 7.89. The van der Waals surface area contributed by atoms with E-state index in [0.717, 1.165) is 0 Å². The molecular formula is C5H13NO3S. The summed E-state index contributed by atoms with van der Waals surface area (Å²) >= 11 is 0. The molecule has 0 radical (unpaired) electrons. The molecule has 2 atom stereocenters. The van der Waals surface area contributed by atoms with E-state index >= 15 is 0 Å². The van der Waals surface area contributed by atoms with Gasteiger partial charge in [0, 0.05) is 7.11 Å².